The summed E-state index contributed by atoms with van der Waals surface area (Å²) in [5.41, 5.74) is 6.16. The van der Waals surface area contributed by atoms with Gasteiger partial charge in [-0.1, -0.05) is 43.6 Å². The first-order chi connectivity index (χ1) is 11.9. The molecule has 0 saturated heterocycles. The molecule has 0 aromatic heterocycles. The van der Waals surface area contributed by atoms with E-state index < -0.39 is 0 Å². The highest BCUT2D eigenvalue weighted by atomic mass is 16.5. The van der Waals surface area contributed by atoms with Gasteiger partial charge in [-0.3, -0.25) is 4.79 Å². The third kappa shape index (κ3) is 2.54. The lowest BCUT2D eigenvalue weighted by molar-refractivity contribution is -0.150. The number of esters is 1. The SMILES string of the molecule is CCC1=CCC2C3=C(CC[C@]12C)[C@@]1(C)CC[C@@H](OC(C)=O)C[C@H]1CC3. The van der Waals surface area contributed by atoms with Crippen molar-refractivity contribution in [3.05, 3.63) is 22.8 Å². The van der Waals surface area contributed by atoms with Crippen molar-refractivity contribution in [1.82, 2.24) is 0 Å². The smallest absolute Gasteiger partial charge is 0.302 e. The molecule has 0 aliphatic heterocycles. The van der Waals surface area contributed by atoms with E-state index >= 15 is 0 Å². The molecule has 4 aliphatic carbocycles. The van der Waals surface area contributed by atoms with Crippen LogP contribution in [0.4, 0.5) is 0 Å². The van der Waals surface area contributed by atoms with E-state index in [-0.39, 0.29) is 12.1 Å². The van der Waals surface area contributed by atoms with E-state index in [0.717, 1.165) is 18.8 Å². The minimum Gasteiger partial charge on any atom is -0.463 e. The van der Waals surface area contributed by atoms with E-state index in [4.69, 9.17) is 4.74 Å². The van der Waals surface area contributed by atoms with Crippen LogP contribution in [0.5, 0.6) is 0 Å². The van der Waals surface area contributed by atoms with Crippen molar-refractivity contribution < 1.29 is 9.53 Å². The lowest BCUT2D eigenvalue weighted by Gasteiger charge is -2.54. The fourth-order valence-corrected chi connectivity index (χ4v) is 6.99. The number of allylic oxidation sites excluding steroid dienone is 4. The minimum absolute atomic E-state index is 0.109. The van der Waals surface area contributed by atoms with E-state index in [1.807, 2.05) is 11.1 Å². The average Bonchev–Trinajstić information content (AvgIpc) is 2.91. The van der Waals surface area contributed by atoms with Crippen LogP contribution in [-0.4, -0.2) is 12.1 Å². The molecule has 5 atom stereocenters. The zero-order valence-electron chi connectivity index (χ0n) is 16.5. The molecular formula is C23H34O2. The van der Waals surface area contributed by atoms with Crippen molar-refractivity contribution in [3.63, 3.8) is 0 Å². The molecule has 0 bridgehead atoms. The molecule has 4 aliphatic rings. The summed E-state index contributed by atoms with van der Waals surface area (Å²) in [6, 6.07) is 0. The number of hydrogen-bond donors (Lipinski definition) is 0. The van der Waals surface area contributed by atoms with Crippen LogP contribution in [0.1, 0.15) is 85.5 Å². The van der Waals surface area contributed by atoms with Gasteiger partial charge in [0.05, 0.1) is 0 Å². The molecule has 0 aromatic carbocycles. The molecule has 0 radical (unpaired) electrons. The Bertz CT molecular complexity index is 642. The Labute approximate surface area is 153 Å². The Hall–Kier alpha value is -1.05. The molecule has 2 heteroatoms. The quantitative estimate of drug-likeness (QED) is 0.456. The van der Waals surface area contributed by atoms with Crippen molar-refractivity contribution in [3.8, 4) is 0 Å². The first-order valence-corrected chi connectivity index (χ1v) is 10.5. The highest BCUT2D eigenvalue weighted by molar-refractivity contribution is 5.66. The first-order valence-electron chi connectivity index (χ1n) is 10.5. The lowest BCUT2D eigenvalue weighted by atomic mass is 9.51. The van der Waals surface area contributed by atoms with Gasteiger partial charge < -0.3 is 4.74 Å². The largest absolute Gasteiger partial charge is 0.463 e. The molecular weight excluding hydrogens is 308 g/mol. The van der Waals surface area contributed by atoms with E-state index in [2.05, 4.69) is 26.8 Å². The Kier molecular flexibility index (Phi) is 4.16. The highest BCUT2D eigenvalue weighted by Crippen LogP contribution is 2.63. The maximum absolute atomic E-state index is 11.4. The van der Waals surface area contributed by atoms with Gasteiger partial charge in [-0.2, -0.15) is 0 Å². The Morgan fingerprint density at radius 1 is 1.20 bits per heavy atom. The van der Waals surface area contributed by atoms with Crippen LogP contribution in [-0.2, 0) is 9.53 Å². The number of carbonyl (C=O) groups excluding carboxylic acids is 1. The first kappa shape index (κ1) is 17.4. The zero-order valence-corrected chi connectivity index (χ0v) is 16.5. The van der Waals surface area contributed by atoms with Crippen molar-refractivity contribution in [2.75, 3.05) is 0 Å². The average molecular weight is 343 g/mol. The van der Waals surface area contributed by atoms with Crippen molar-refractivity contribution >= 4 is 5.97 Å². The fourth-order valence-electron chi connectivity index (χ4n) is 6.99. The molecule has 1 unspecified atom stereocenters. The highest BCUT2D eigenvalue weighted by Gasteiger charge is 2.52. The predicted octanol–water partition coefficient (Wildman–Crippen LogP) is 5.97. The molecule has 0 N–H and O–H groups in total. The summed E-state index contributed by atoms with van der Waals surface area (Å²) in [7, 11) is 0. The maximum atomic E-state index is 11.4. The van der Waals surface area contributed by atoms with Gasteiger partial charge in [0.2, 0.25) is 0 Å². The van der Waals surface area contributed by atoms with Crippen molar-refractivity contribution in [2.45, 2.75) is 91.6 Å². The lowest BCUT2D eigenvalue weighted by Crippen LogP contribution is -2.45. The van der Waals surface area contributed by atoms with Crippen LogP contribution in [0.3, 0.4) is 0 Å². The van der Waals surface area contributed by atoms with Gasteiger partial charge in [0.15, 0.2) is 0 Å². The van der Waals surface area contributed by atoms with Gasteiger partial charge in [-0.15, -0.1) is 0 Å². The summed E-state index contributed by atoms with van der Waals surface area (Å²) < 4.78 is 5.57. The number of rotatable bonds is 2. The minimum atomic E-state index is -0.109. The second-order valence-electron chi connectivity index (χ2n) is 9.45. The molecule has 25 heavy (non-hydrogen) atoms. The van der Waals surface area contributed by atoms with Crippen LogP contribution in [0.25, 0.3) is 0 Å². The standard InChI is InChI=1S/C23H34O2/c1-5-16-7-9-20-19-8-6-17-14-18(25-15(2)24)10-12-23(17,4)21(19)11-13-22(16,20)3/h7,17-18,20H,5-6,8-14H2,1-4H3/t17-,18-,20?,22-,23+/m1/s1. The Morgan fingerprint density at radius 3 is 2.72 bits per heavy atom. The summed E-state index contributed by atoms with van der Waals surface area (Å²) in [5, 5.41) is 0. The van der Waals surface area contributed by atoms with Gasteiger partial charge in [0.1, 0.15) is 6.10 Å². The van der Waals surface area contributed by atoms with Gasteiger partial charge in [-0.25, -0.2) is 0 Å². The van der Waals surface area contributed by atoms with E-state index in [1.54, 1.807) is 12.5 Å². The third-order valence-corrected chi connectivity index (χ3v) is 8.40. The van der Waals surface area contributed by atoms with Crippen LogP contribution in [0, 0.1) is 22.7 Å². The summed E-state index contributed by atoms with van der Waals surface area (Å²) in [5.74, 6) is 1.37. The summed E-state index contributed by atoms with van der Waals surface area (Å²) in [6.45, 7) is 8.95. The number of hydrogen-bond acceptors (Lipinski definition) is 2. The number of fused-ring (bicyclic) bond motifs is 4. The second kappa shape index (κ2) is 5.99. The summed E-state index contributed by atoms with van der Waals surface area (Å²) in [6.07, 6.45) is 13.8. The summed E-state index contributed by atoms with van der Waals surface area (Å²) in [4.78, 5) is 11.4. The number of carbonyl (C=O) groups is 1. The van der Waals surface area contributed by atoms with Gasteiger partial charge in [0, 0.05) is 6.92 Å². The van der Waals surface area contributed by atoms with Gasteiger partial charge in [0.25, 0.3) is 0 Å². The summed E-state index contributed by atoms with van der Waals surface area (Å²) >= 11 is 0. The van der Waals surface area contributed by atoms with E-state index in [0.29, 0.717) is 16.7 Å². The zero-order chi connectivity index (χ0) is 17.8. The van der Waals surface area contributed by atoms with Crippen LogP contribution in [0.15, 0.2) is 22.8 Å². The van der Waals surface area contributed by atoms with E-state index in [1.165, 1.54) is 44.9 Å². The number of ether oxygens (including phenoxy) is 1. The molecule has 0 heterocycles. The van der Waals surface area contributed by atoms with Crippen LogP contribution in [0.2, 0.25) is 0 Å². The maximum Gasteiger partial charge on any atom is 0.302 e. The van der Waals surface area contributed by atoms with Crippen molar-refractivity contribution in [1.29, 1.82) is 0 Å². The Balaban J connectivity index is 1.61. The normalized spacial score (nSPS) is 43.0. The monoisotopic (exact) mass is 342 g/mol. The Morgan fingerprint density at radius 2 is 2.00 bits per heavy atom. The van der Waals surface area contributed by atoms with Gasteiger partial charge in [-0.05, 0) is 80.5 Å². The topological polar surface area (TPSA) is 26.3 Å². The molecule has 4 rings (SSSR count). The molecule has 0 amide bonds. The second-order valence-corrected chi connectivity index (χ2v) is 9.45. The molecule has 1 fully saturated rings. The van der Waals surface area contributed by atoms with Gasteiger partial charge >= 0.3 is 5.97 Å². The molecule has 138 valence electrons. The molecule has 0 spiro atoms. The molecule has 0 aromatic rings. The predicted molar refractivity (Wildman–Crippen MR) is 101 cm³/mol. The van der Waals surface area contributed by atoms with E-state index in [9.17, 15) is 4.79 Å². The molecule has 2 nitrogen and oxygen atoms in total. The molecule has 1 saturated carbocycles. The van der Waals surface area contributed by atoms with Crippen LogP contribution >= 0.6 is 0 Å². The van der Waals surface area contributed by atoms with Crippen LogP contribution < -0.4 is 0 Å². The fraction of sp³-hybridized carbons (Fsp3) is 0.783. The van der Waals surface area contributed by atoms with Crippen molar-refractivity contribution in [2.24, 2.45) is 22.7 Å². The third-order valence-electron chi connectivity index (χ3n) is 8.40.